The van der Waals surface area contributed by atoms with Crippen LogP contribution >= 0.6 is 0 Å². The Morgan fingerprint density at radius 1 is 0.667 bits per heavy atom. The summed E-state index contributed by atoms with van der Waals surface area (Å²) in [5.41, 5.74) is 0. The molecule has 0 N–H and O–H groups in total. The van der Waals surface area contributed by atoms with Crippen LogP contribution in [-0.4, -0.2) is 17.4 Å². The molecule has 0 saturated heterocycles. The van der Waals surface area contributed by atoms with Gasteiger partial charge in [-0.3, -0.25) is 0 Å². The molecule has 0 unspecified atom stereocenters. The molecule has 0 heterocycles. The molecule has 9 heavy (non-hydrogen) atoms. The SMILES string of the molecule is C[C](C)(C)[GaH][C](C)(C)C. The van der Waals surface area contributed by atoms with E-state index in [4.69, 9.17) is 0 Å². The average molecular weight is 185 g/mol. The van der Waals surface area contributed by atoms with Gasteiger partial charge in [0.2, 0.25) is 0 Å². The predicted molar refractivity (Wildman–Crippen MR) is 46.6 cm³/mol. The standard InChI is InChI=1S/2C4H9.Ga.H/c2*1-4(2)3;;/h2*1-3H3;;. The maximum atomic E-state index is 2.37. The van der Waals surface area contributed by atoms with Crippen molar-refractivity contribution in [3.8, 4) is 0 Å². The van der Waals surface area contributed by atoms with E-state index in [1.165, 1.54) is 0 Å². The molecule has 0 radical (unpaired) electrons. The van der Waals surface area contributed by atoms with Gasteiger partial charge in [-0.2, -0.15) is 0 Å². The van der Waals surface area contributed by atoms with Crippen LogP contribution in [0.1, 0.15) is 41.5 Å². The minimum atomic E-state index is -0.333. The van der Waals surface area contributed by atoms with Gasteiger partial charge in [-0.25, -0.2) is 0 Å². The monoisotopic (exact) mass is 184 g/mol. The van der Waals surface area contributed by atoms with E-state index in [9.17, 15) is 0 Å². The zero-order valence-corrected chi connectivity index (χ0v) is 10.7. The molecular formula is C8H19Ga. The fourth-order valence-electron chi connectivity index (χ4n) is 1.59. The van der Waals surface area contributed by atoms with Crippen LogP contribution in [0.3, 0.4) is 0 Å². The molecular weight excluding hydrogens is 166 g/mol. The van der Waals surface area contributed by atoms with Crippen LogP contribution in [0.5, 0.6) is 0 Å². The van der Waals surface area contributed by atoms with Crippen molar-refractivity contribution in [2.45, 2.75) is 49.5 Å². The van der Waals surface area contributed by atoms with E-state index in [2.05, 4.69) is 41.5 Å². The Hall–Kier alpha value is 0.636. The molecule has 1 heteroatoms. The van der Waals surface area contributed by atoms with Crippen molar-refractivity contribution >= 4 is 17.4 Å². The van der Waals surface area contributed by atoms with E-state index >= 15 is 0 Å². The summed E-state index contributed by atoms with van der Waals surface area (Å²) >= 11 is -0.333. The molecule has 0 atom stereocenters. The van der Waals surface area contributed by atoms with Crippen molar-refractivity contribution in [1.29, 1.82) is 0 Å². The molecule has 0 aromatic carbocycles. The third-order valence-electron chi connectivity index (χ3n) is 1.06. The second-order valence-corrected chi connectivity index (χ2v) is 14.9. The third-order valence-corrected chi connectivity index (χ3v) is 5.51. The van der Waals surface area contributed by atoms with E-state index < -0.39 is 0 Å². The van der Waals surface area contributed by atoms with Crippen LogP contribution in [0.25, 0.3) is 0 Å². The van der Waals surface area contributed by atoms with Gasteiger partial charge in [0.1, 0.15) is 0 Å². The molecule has 0 aromatic heterocycles. The molecule has 0 rings (SSSR count). The summed E-state index contributed by atoms with van der Waals surface area (Å²) < 4.78 is 1.34. The van der Waals surface area contributed by atoms with Crippen molar-refractivity contribution in [2.75, 3.05) is 0 Å². The molecule has 0 aromatic rings. The van der Waals surface area contributed by atoms with E-state index in [1.54, 1.807) is 0 Å². The first-order chi connectivity index (χ1) is 3.71. The Kier molecular flexibility index (Phi) is 2.90. The first kappa shape index (κ1) is 9.64. The fraction of sp³-hybridized carbons (Fsp3) is 1.00. The first-order valence-corrected chi connectivity index (χ1v) is 6.67. The Labute approximate surface area is 67.2 Å². The zero-order valence-electron chi connectivity index (χ0n) is 7.71. The first-order valence-electron chi connectivity index (χ1n) is 3.71. The second-order valence-electron chi connectivity index (χ2n) is 5.30. The van der Waals surface area contributed by atoms with Crippen molar-refractivity contribution in [1.82, 2.24) is 0 Å². The van der Waals surface area contributed by atoms with Crippen LogP contribution in [0.15, 0.2) is 0 Å². The fourth-order valence-corrected chi connectivity index (χ4v) is 8.27. The van der Waals surface area contributed by atoms with Crippen LogP contribution < -0.4 is 0 Å². The molecule has 0 bridgehead atoms. The summed E-state index contributed by atoms with van der Waals surface area (Å²) in [6.45, 7) is 14.2. The predicted octanol–water partition coefficient (Wildman–Crippen LogP) is 2.86. The quantitative estimate of drug-likeness (QED) is 0.509. The van der Waals surface area contributed by atoms with Crippen molar-refractivity contribution in [3.63, 3.8) is 0 Å². The van der Waals surface area contributed by atoms with Gasteiger partial charge in [0, 0.05) is 0 Å². The Balaban J connectivity index is 3.75. The van der Waals surface area contributed by atoms with Crippen LogP contribution in [0, 0.1) is 0 Å². The summed E-state index contributed by atoms with van der Waals surface area (Å²) in [6, 6.07) is 0. The van der Waals surface area contributed by atoms with Crippen molar-refractivity contribution < 1.29 is 0 Å². The molecule has 0 aliphatic heterocycles. The molecule has 0 spiro atoms. The van der Waals surface area contributed by atoms with E-state index in [0.717, 1.165) is 0 Å². The van der Waals surface area contributed by atoms with Crippen molar-refractivity contribution in [2.24, 2.45) is 0 Å². The van der Waals surface area contributed by atoms with Gasteiger partial charge in [-0.1, -0.05) is 0 Å². The van der Waals surface area contributed by atoms with Crippen LogP contribution in [0.4, 0.5) is 0 Å². The van der Waals surface area contributed by atoms with Gasteiger partial charge in [0.05, 0.1) is 0 Å². The summed E-state index contributed by atoms with van der Waals surface area (Å²) in [6.07, 6.45) is 0. The molecule has 0 nitrogen and oxygen atoms in total. The van der Waals surface area contributed by atoms with E-state index in [0.29, 0.717) is 7.94 Å². The summed E-state index contributed by atoms with van der Waals surface area (Å²) in [4.78, 5) is 0. The third kappa shape index (κ3) is 8.64. The Morgan fingerprint density at radius 3 is 0.889 bits per heavy atom. The van der Waals surface area contributed by atoms with Crippen molar-refractivity contribution in [3.05, 3.63) is 0 Å². The zero-order chi connectivity index (χ0) is 7.71. The molecule has 0 fully saturated rings. The summed E-state index contributed by atoms with van der Waals surface area (Å²) in [5.74, 6) is 0. The molecule has 0 saturated carbocycles. The molecule has 0 aliphatic carbocycles. The number of hydrogen-bond acceptors (Lipinski definition) is 0. The Morgan fingerprint density at radius 2 is 0.889 bits per heavy atom. The van der Waals surface area contributed by atoms with Gasteiger partial charge < -0.3 is 0 Å². The summed E-state index contributed by atoms with van der Waals surface area (Å²) in [7, 11) is 0. The van der Waals surface area contributed by atoms with Crippen LogP contribution in [0.2, 0.25) is 7.94 Å². The van der Waals surface area contributed by atoms with Gasteiger partial charge in [0.25, 0.3) is 0 Å². The van der Waals surface area contributed by atoms with Gasteiger partial charge in [-0.15, -0.1) is 0 Å². The average Bonchev–Trinajstić information content (AvgIpc) is 1.14. The molecule has 54 valence electrons. The van der Waals surface area contributed by atoms with E-state index in [-0.39, 0.29) is 17.4 Å². The van der Waals surface area contributed by atoms with Gasteiger partial charge in [0.15, 0.2) is 0 Å². The van der Waals surface area contributed by atoms with E-state index in [1.807, 2.05) is 0 Å². The second kappa shape index (κ2) is 2.71. The molecule has 0 amide bonds. The number of rotatable bonds is 0. The van der Waals surface area contributed by atoms with Gasteiger partial charge >= 0.3 is 66.9 Å². The van der Waals surface area contributed by atoms with Crippen LogP contribution in [-0.2, 0) is 0 Å². The number of hydrogen-bond donors (Lipinski definition) is 0. The molecule has 0 aliphatic rings. The Bertz CT molecular complexity index is 69.7. The normalized spacial score (nSPS) is 13.6. The summed E-state index contributed by atoms with van der Waals surface area (Å²) in [5, 5.41) is 0. The van der Waals surface area contributed by atoms with Gasteiger partial charge in [-0.05, 0) is 0 Å². The minimum absolute atomic E-state index is 0.333. The topological polar surface area (TPSA) is 0 Å². The maximum absolute atomic E-state index is 2.37.